The number of carbonyl (C=O) groups is 1. The molecule has 0 saturated heterocycles. The average Bonchev–Trinajstić information content (AvgIpc) is 2.65. The second kappa shape index (κ2) is 8.93. The number of benzene rings is 2. The lowest BCUT2D eigenvalue weighted by atomic mass is 10.0. The van der Waals surface area contributed by atoms with E-state index in [-0.39, 0.29) is 5.57 Å². The number of hydrogen-bond donors (Lipinski definition) is 0. The molecule has 0 amide bonds. The van der Waals surface area contributed by atoms with Crippen LogP contribution in [0.25, 0.3) is 6.08 Å². The van der Waals surface area contributed by atoms with Crippen LogP contribution in [-0.4, -0.2) is 26.6 Å². The van der Waals surface area contributed by atoms with Gasteiger partial charge >= 0.3 is 0 Å². The summed E-state index contributed by atoms with van der Waals surface area (Å²) in [4.78, 5) is 12.7. The van der Waals surface area contributed by atoms with Gasteiger partial charge < -0.3 is 14.2 Å². The highest BCUT2D eigenvalue weighted by molar-refractivity contribution is 6.32. The standard InChI is InChI=1S/C20H18ClNO4/c1-4-26-18-11-13(10-16(21)20(18)25-3)9-14(12-22)19(23)15-7-5-6-8-17(15)24-2/h5-11H,4H2,1-3H3/b14-9+. The first-order valence-electron chi connectivity index (χ1n) is 7.85. The zero-order chi connectivity index (χ0) is 19.1. The zero-order valence-corrected chi connectivity index (χ0v) is 15.5. The van der Waals surface area contributed by atoms with Crippen LogP contribution in [0.5, 0.6) is 17.2 Å². The molecule has 2 rings (SSSR count). The van der Waals surface area contributed by atoms with Crippen molar-refractivity contribution in [2.75, 3.05) is 20.8 Å². The van der Waals surface area contributed by atoms with E-state index in [1.165, 1.54) is 20.3 Å². The Kier molecular flexibility index (Phi) is 6.65. The van der Waals surface area contributed by atoms with Crippen molar-refractivity contribution in [3.05, 3.63) is 58.1 Å². The monoisotopic (exact) mass is 371 g/mol. The Morgan fingerprint density at radius 1 is 1.19 bits per heavy atom. The highest BCUT2D eigenvalue weighted by Crippen LogP contribution is 2.37. The third-order valence-electron chi connectivity index (χ3n) is 3.56. The molecule has 0 aliphatic carbocycles. The van der Waals surface area contributed by atoms with Crippen LogP contribution >= 0.6 is 11.6 Å². The molecule has 0 saturated carbocycles. The van der Waals surface area contributed by atoms with Crippen molar-refractivity contribution >= 4 is 23.5 Å². The first-order valence-corrected chi connectivity index (χ1v) is 8.23. The molecule has 0 bridgehead atoms. The van der Waals surface area contributed by atoms with Crippen LogP contribution in [0.4, 0.5) is 0 Å². The third-order valence-corrected chi connectivity index (χ3v) is 3.84. The summed E-state index contributed by atoms with van der Waals surface area (Å²) in [6.07, 6.45) is 1.46. The van der Waals surface area contributed by atoms with Crippen molar-refractivity contribution in [1.82, 2.24) is 0 Å². The molecule has 0 spiro atoms. The van der Waals surface area contributed by atoms with Gasteiger partial charge in [0.25, 0.3) is 0 Å². The predicted molar refractivity (Wildman–Crippen MR) is 100 cm³/mol. The lowest BCUT2D eigenvalue weighted by molar-refractivity contribution is 0.103. The number of halogens is 1. The van der Waals surface area contributed by atoms with Gasteiger partial charge in [-0.2, -0.15) is 5.26 Å². The molecule has 0 fully saturated rings. The molecule has 2 aromatic carbocycles. The Bertz CT molecular complexity index is 884. The average molecular weight is 372 g/mol. The summed E-state index contributed by atoms with van der Waals surface area (Å²) in [7, 11) is 2.96. The number of allylic oxidation sites excluding steroid dienone is 1. The Balaban J connectivity index is 2.49. The van der Waals surface area contributed by atoms with Crippen LogP contribution in [0.3, 0.4) is 0 Å². The molecule has 0 aliphatic heterocycles. The van der Waals surface area contributed by atoms with Gasteiger partial charge in [0.1, 0.15) is 17.4 Å². The van der Waals surface area contributed by atoms with Gasteiger partial charge in [-0.1, -0.05) is 23.7 Å². The Hall–Kier alpha value is -2.97. The van der Waals surface area contributed by atoms with Gasteiger partial charge in [0.15, 0.2) is 11.5 Å². The molecule has 0 N–H and O–H groups in total. The van der Waals surface area contributed by atoms with Gasteiger partial charge in [-0.25, -0.2) is 0 Å². The van der Waals surface area contributed by atoms with Crippen molar-refractivity contribution < 1.29 is 19.0 Å². The minimum Gasteiger partial charge on any atom is -0.496 e. The number of nitriles is 1. The van der Waals surface area contributed by atoms with E-state index in [1.54, 1.807) is 36.4 Å². The van der Waals surface area contributed by atoms with Gasteiger partial charge in [0, 0.05) is 0 Å². The maximum Gasteiger partial charge on any atom is 0.207 e. The number of ether oxygens (including phenoxy) is 3. The van der Waals surface area contributed by atoms with E-state index in [2.05, 4.69) is 0 Å². The van der Waals surface area contributed by atoms with Crippen LogP contribution < -0.4 is 14.2 Å². The molecule has 2 aromatic rings. The molecule has 134 valence electrons. The van der Waals surface area contributed by atoms with Gasteiger partial charge in [0.2, 0.25) is 5.78 Å². The van der Waals surface area contributed by atoms with Gasteiger partial charge in [-0.15, -0.1) is 0 Å². The Morgan fingerprint density at radius 3 is 2.54 bits per heavy atom. The van der Waals surface area contributed by atoms with E-state index in [0.29, 0.717) is 40.0 Å². The number of nitrogens with zero attached hydrogens (tertiary/aromatic N) is 1. The number of hydrogen-bond acceptors (Lipinski definition) is 5. The molecular formula is C20H18ClNO4. The van der Waals surface area contributed by atoms with Crippen molar-refractivity contribution in [2.24, 2.45) is 0 Å². The second-order valence-electron chi connectivity index (χ2n) is 5.17. The fraction of sp³-hybridized carbons (Fsp3) is 0.200. The van der Waals surface area contributed by atoms with Crippen LogP contribution in [0.1, 0.15) is 22.8 Å². The van der Waals surface area contributed by atoms with Crippen LogP contribution in [-0.2, 0) is 0 Å². The van der Waals surface area contributed by atoms with Crippen molar-refractivity contribution in [2.45, 2.75) is 6.92 Å². The molecule has 6 heteroatoms. The van der Waals surface area contributed by atoms with E-state index >= 15 is 0 Å². The smallest absolute Gasteiger partial charge is 0.207 e. The van der Waals surface area contributed by atoms with Crippen molar-refractivity contribution in [1.29, 1.82) is 5.26 Å². The summed E-state index contributed by atoms with van der Waals surface area (Å²) in [6.45, 7) is 2.26. The molecule has 26 heavy (non-hydrogen) atoms. The maximum absolute atomic E-state index is 12.7. The van der Waals surface area contributed by atoms with E-state index in [9.17, 15) is 10.1 Å². The second-order valence-corrected chi connectivity index (χ2v) is 5.57. The maximum atomic E-state index is 12.7. The predicted octanol–water partition coefficient (Wildman–Crippen LogP) is 4.55. The first kappa shape index (κ1) is 19.4. The highest BCUT2D eigenvalue weighted by atomic mass is 35.5. The van der Waals surface area contributed by atoms with E-state index in [0.717, 1.165) is 0 Å². The first-order chi connectivity index (χ1) is 12.5. The molecular weight excluding hydrogens is 354 g/mol. The summed E-state index contributed by atoms with van der Waals surface area (Å²) in [5.41, 5.74) is 0.824. The lowest BCUT2D eigenvalue weighted by Crippen LogP contribution is -2.04. The molecule has 0 aromatic heterocycles. The SMILES string of the molecule is CCOc1cc(/C=C(\C#N)C(=O)c2ccccc2OC)cc(Cl)c1OC. The fourth-order valence-electron chi connectivity index (χ4n) is 2.42. The number of ketones is 1. The van der Waals surface area contributed by atoms with Crippen molar-refractivity contribution in [3.8, 4) is 23.3 Å². The Morgan fingerprint density at radius 2 is 1.92 bits per heavy atom. The summed E-state index contributed by atoms with van der Waals surface area (Å²) < 4.78 is 16.0. The quantitative estimate of drug-likeness (QED) is 0.406. The van der Waals surface area contributed by atoms with Gasteiger partial charge in [0.05, 0.1) is 31.4 Å². The number of para-hydroxylation sites is 1. The molecule has 0 atom stereocenters. The van der Waals surface area contributed by atoms with E-state index < -0.39 is 5.78 Å². The Labute approximate surface area is 157 Å². The summed E-state index contributed by atoms with van der Waals surface area (Å²) in [5, 5.41) is 9.78. The number of rotatable bonds is 7. The number of Topliss-reactive ketones (excluding diaryl/α,β-unsaturated/α-hetero) is 1. The van der Waals surface area contributed by atoms with Crippen LogP contribution in [0.15, 0.2) is 42.0 Å². The highest BCUT2D eigenvalue weighted by Gasteiger charge is 2.17. The van der Waals surface area contributed by atoms with Gasteiger partial charge in [-0.05, 0) is 42.8 Å². The van der Waals surface area contributed by atoms with E-state index in [1.807, 2.05) is 13.0 Å². The van der Waals surface area contributed by atoms with Gasteiger partial charge in [-0.3, -0.25) is 4.79 Å². The fourth-order valence-corrected chi connectivity index (χ4v) is 2.72. The zero-order valence-electron chi connectivity index (χ0n) is 14.7. The molecule has 0 aliphatic rings. The summed E-state index contributed by atoms with van der Waals surface area (Å²) in [6, 6.07) is 12.0. The molecule has 0 unspecified atom stereocenters. The van der Waals surface area contributed by atoms with Crippen molar-refractivity contribution in [3.63, 3.8) is 0 Å². The third kappa shape index (κ3) is 4.16. The normalized spacial score (nSPS) is 10.8. The molecule has 5 nitrogen and oxygen atoms in total. The van der Waals surface area contributed by atoms with Crippen LogP contribution in [0.2, 0.25) is 5.02 Å². The molecule has 0 radical (unpaired) electrons. The topological polar surface area (TPSA) is 68.5 Å². The van der Waals surface area contributed by atoms with E-state index in [4.69, 9.17) is 25.8 Å². The largest absolute Gasteiger partial charge is 0.496 e. The number of carbonyl (C=O) groups excluding carboxylic acids is 1. The summed E-state index contributed by atoms with van der Waals surface area (Å²) >= 11 is 6.22. The minimum absolute atomic E-state index is 0.0434. The number of methoxy groups -OCH3 is 2. The molecule has 0 heterocycles. The van der Waals surface area contributed by atoms with Crippen LogP contribution in [0, 0.1) is 11.3 Å². The minimum atomic E-state index is -0.435. The lowest BCUT2D eigenvalue weighted by Gasteiger charge is -2.12. The summed E-state index contributed by atoms with van der Waals surface area (Å²) in [5.74, 6) is 0.812.